The van der Waals surface area contributed by atoms with Gasteiger partial charge in [-0.05, 0) is 46.0 Å². The zero-order valence-electron chi connectivity index (χ0n) is 20.0. The van der Waals surface area contributed by atoms with E-state index in [0.717, 1.165) is 38.5 Å². The van der Waals surface area contributed by atoms with Crippen LogP contribution in [-0.4, -0.2) is 80.6 Å². The highest BCUT2D eigenvalue weighted by Gasteiger charge is 2.77. The third-order valence-electron chi connectivity index (χ3n) is 8.23. The lowest BCUT2D eigenvalue weighted by atomic mass is 9.66. The molecule has 5 atom stereocenters. The second-order valence-electron chi connectivity index (χ2n) is 10.2. The molecule has 2 unspecified atom stereocenters. The number of thioether (sulfide) groups is 1. The van der Waals surface area contributed by atoms with Gasteiger partial charge in [0.2, 0.25) is 11.8 Å². The zero-order valence-corrected chi connectivity index (χ0v) is 20.8. The molecule has 8 heteroatoms. The number of aliphatic hydroxyl groups excluding tert-OH is 1. The monoisotopic (exact) mass is 478 g/mol. The highest BCUT2D eigenvalue weighted by molar-refractivity contribution is 8.02. The molecular weight excluding hydrogens is 440 g/mol. The lowest BCUT2D eigenvalue weighted by molar-refractivity contribution is -0.155. The summed E-state index contributed by atoms with van der Waals surface area (Å²) >= 11 is 1.67. The summed E-state index contributed by atoms with van der Waals surface area (Å²) in [6, 6.07) is -0.454. The first-order valence-electron chi connectivity index (χ1n) is 12.5. The van der Waals surface area contributed by atoms with E-state index in [-0.39, 0.29) is 37.0 Å². The molecular formula is C25H38N2O5S. The number of fused-ring (bicyclic) bond motifs is 1. The second-order valence-corrected chi connectivity index (χ2v) is 12.1. The summed E-state index contributed by atoms with van der Waals surface area (Å²) in [5.41, 5.74) is 0. The van der Waals surface area contributed by atoms with Gasteiger partial charge in [-0.25, -0.2) is 0 Å². The molecule has 3 aliphatic heterocycles. The number of hydrogen-bond acceptors (Lipinski definition) is 6. The number of rotatable bonds is 9. The van der Waals surface area contributed by atoms with Crippen molar-refractivity contribution in [3.8, 4) is 0 Å². The van der Waals surface area contributed by atoms with Gasteiger partial charge in [0, 0.05) is 30.5 Å². The van der Waals surface area contributed by atoms with Crippen molar-refractivity contribution in [3.05, 3.63) is 12.7 Å². The average Bonchev–Trinajstić information content (AvgIpc) is 3.37. The zero-order chi connectivity index (χ0) is 23.8. The number of carbonyl (C=O) groups is 3. The van der Waals surface area contributed by atoms with Crippen molar-refractivity contribution in [3.63, 3.8) is 0 Å². The number of esters is 1. The van der Waals surface area contributed by atoms with Crippen molar-refractivity contribution >= 4 is 29.5 Å². The fraction of sp³-hybridized carbons (Fsp3) is 0.800. The minimum Gasteiger partial charge on any atom is -0.466 e. The van der Waals surface area contributed by atoms with E-state index in [4.69, 9.17) is 4.74 Å². The van der Waals surface area contributed by atoms with E-state index in [9.17, 15) is 19.5 Å². The van der Waals surface area contributed by atoms with Gasteiger partial charge in [0.15, 0.2) is 0 Å². The number of nitrogens with zero attached hydrogens (tertiary/aromatic N) is 2. The first-order chi connectivity index (χ1) is 15.8. The fourth-order valence-corrected chi connectivity index (χ4v) is 9.22. The predicted molar refractivity (Wildman–Crippen MR) is 128 cm³/mol. The molecule has 4 aliphatic rings. The van der Waals surface area contributed by atoms with Crippen LogP contribution in [0.25, 0.3) is 0 Å². The number of carbonyl (C=O) groups excluding carboxylic acids is 3. The van der Waals surface area contributed by atoms with Crippen LogP contribution in [0.3, 0.4) is 0 Å². The van der Waals surface area contributed by atoms with Gasteiger partial charge in [0.05, 0.1) is 23.2 Å². The molecule has 1 saturated carbocycles. The number of amides is 2. The standard InChI is InChI=1S/C25H38N2O5S/c1-4-14-26(17-10-7-6-8-11-17)22(30)20-25-13-12-24(3,33-25)19(23(31)32-5-2)18(25)21(29)27(20)15-9-16-28/h4,17-20,28H,1,5-16H2,2-3H3/t18-,19-,20?,24+,25?/m0/s1. The Morgan fingerprint density at radius 3 is 2.67 bits per heavy atom. The molecule has 2 bridgehead atoms. The molecule has 1 aliphatic carbocycles. The number of ether oxygens (including phenoxy) is 1. The molecule has 184 valence electrons. The summed E-state index contributed by atoms with van der Waals surface area (Å²) in [5.74, 6) is -1.56. The van der Waals surface area contributed by atoms with Crippen LogP contribution in [0, 0.1) is 11.8 Å². The van der Waals surface area contributed by atoms with E-state index < -0.39 is 27.4 Å². The van der Waals surface area contributed by atoms with Gasteiger partial charge in [-0.2, -0.15) is 0 Å². The van der Waals surface area contributed by atoms with E-state index in [1.165, 1.54) is 6.42 Å². The molecule has 0 aromatic heterocycles. The maximum atomic E-state index is 14.3. The summed E-state index contributed by atoms with van der Waals surface area (Å²) < 4.78 is 4.40. The normalized spacial score (nSPS) is 35.5. The van der Waals surface area contributed by atoms with Gasteiger partial charge in [-0.15, -0.1) is 18.3 Å². The summed E-state index contributed by atoms with van der Waals surface area (Å²) in [6.07, 6.45) is 9.07. The van der Waals surface area contributed by atoms with Crippen LogP contribution in [0.1, 0.15) is 65.2 Å². The first kappa shape index (κ1) is 24.6. The van der Waals surface area contributed by atoms with Crippen molar-refractivity contribution in [2.24, 2.45) is 11.8 Å². The number of likely N-dealkylation sites (tertiary alicyclic amines) is 1. The summed E-state index contributed by atoms with van der Waals surface area (Å²) in [6.45, 7) is 8.74. The first-order valence-corrected chi connectivity index (χ1v) is 13.4. The molecule has 1 spiro atoms. The number of hydrogen-bond donors (Lipinski definition) is 1. The van der Waals surface area contributed by atoms with Crippen molar-refractivity contribution in [1.82, 2.24) is 9.80 Å². The van der Waals surface area contributed by atoms with Crippen LogP contribution in [0.5, 0.6) is 0 Å². The molecule has 3 saturated heterocycles. The Balaban J connectivity index is 1.73. The average molecular weight is 479 g/mol. The third-order valence-corrected chi connectivity index (χ3v) is 10.2. The van der Waals surface area contributed by atoms with E-state index in [1.807, 2.05) is 4.90 Å². The molecule has 4 fully saturated rings. The second kappa shape index (κ2) is 9.61. The highest BCUT2D eigenvalue weighted by atomic mass is 32.2. The summed E-state index contributed by atoms with van der Waals surface area (Å²) in [5, 5.41) is 9.49. The van der Waals surface area contributed by atoms with Gasteiger partial charge in [0.25, 0.3) is 0 Å². The third kappa shape index (κ3) is 3.91. The molecule has 3 heterocycles. The summed E-state index contributed by atoms with van der Waals surface area (Å²) in [4.78, 5) is 44.8. The molecule has 1 N–H and O–H groups in total. The topological polar surface area (TPSA) is 87.2 Å². The molecule has 7 nitrogen and oxygen atoms in total. The van der Waals surface area contributed by atoms with Crippen molar-refractivity contribution in [2.45, 2.75) is 86.8 Å². The van der Waals surface area contributed by atoms with E-state index >= 15 is 0 Å². The Morgan fingerprint density at radius 1 is 1.30 bits per heavy atom. The number of aliphatic hydroxyl groups is 1. The van der Waals surface area contributed by atoms with Crippen LogP contribution >= 0.6 is 11.8 Å². The van der Waals surface area contributed by atoms with Gasteiger partial charge in [-0.1, -0.05) is 25.3 Å². The predicted octanol–water partition coefficient (Wildman–Crippen LogP) is 2.76. The molecule has 4 rings (SSSR count). The van der Waals surface area contributed by atoms with Crippen molar-refractivity contribution < 1.29 is 24.2 Å². The van der Waals surface area contributed by atoms with Gasteiger partial charge < -0.3 is 19.6 Å². The minimum absolute atomic E-state index is 0.0168. The van der Waals surface area contributed by atoms with Crippen LogP contribution in [0.4, 0.5) is 0 Å². The van der Waals surface area contributed by atoms with Crippen molar-refractivity contribution in [1.29, 1.82) is 0 Å². The molecule has 0 radical (unpaired) electrons. The van der Waals surface area contributed by atoms with Crippen molar-refractivity contribution in [2.75, 3.05) is 26.3 Å². The van der Waals surface area contributed by atoms with Crippen LogP contribution in [0.2, 0.25) is 0 Å². The SMILES string of the molecule is C=CCN(C(=O)C1N(CCCO)C(=O)[C@@H]2[C@@H](C(=O)OCC)[C@@]3(C)CCC12S3)C1CCCCC1. The molecule has 33 heavy (non-hydrogen) atoms. The van der Waals surface area contributed by atoms with Gasteiger partial charge >= 0.3 is 5.97 Å². The van der Waals surface area contributed by atoms with Crippen LogP contribution in [-0.2, 0) is 19.1 Å². The smallest absolute Gasteiger partial charge is 0.311 e. The lowest BCUT2D eigenvalue weighted by Gasteiger charge is -2.41. The quantitative estimate of drug-likeness (QED) is 0.405. The Morgan fingerprint density at radius 2 is 2.03 bits per heavy atom. The lowest BCUT2D eigenvalue weighted by Crippen LogP contribution is -2.57. The maximum absolute atomic E-state index is 14.3. The summed E-state index contributed by atoms with van der Waals surface area (Å²) in [7, 11) is 0. The highest BCUT2D eigenvalue weighted by Crippen LogP contribution is 2.71. The van der Waals surface area contributed by atoms with Gasteiger partial charge in [-0.3, -0.25) is 14.4 Å². The largest absolute Gasteiger partial charge is 0.466 e. The Kier molecular flexibility index (Phi) is 7.16. The fourth-order valence-electron chi connectivity index (χ4n) is 6.88. The maximum Gasteiger partial charge on any atom is 0.311 e. The van der Waals surface area contributed by atoms with E-state index in [2.05, 4.69) is 13.5 Å². The molecule has 0 aromatic rings. The van der Waals surface area contributed by atoms with Crippen LogP contribution < -0.4 is 0 Å². The van der Waals surface area contributed by atoms with Crippen LogP contribution in [0.15, 0.2) is 12.7 Å². The van der Waals surface area contributed by atoms with E-state index in [1.54, 1.807) is 29.7 Å². The Bertz CT molecular complexity index is 800. The van der Waals surface area contributed by atoms with Gasteiger partial charge in [0.1, 0.15) is 6.04 Å². The Labute approximate surface area is 201 Å². The minimum atomic E-state index is -0.621. The van der Waals surface area contributed by atoms with E-state index in [0.29, 0.717) is 19.5 Å². The Hall–Kier alpha value is -1.54. The molecule has 2 amide bonds. The molecule has 0 aromatic carbocycles.